The summed E-state index contributed by atoms with van der Waals surface area (Å²) >= 11 is 0. The monoisotopic (exact) mass is 280 g/mol. The van der Waals surface area contributed by atoms with Crippen LogP contribution in [0.25, 0.3) is 0 Å². The predicted molar refractivity (Wildman–Crippen MR) is 82.8 cm³/mol. The number of nitrogens with zero attached hydrogens (tertiary/aromatic N) is 2. The Kier molecular flexibility index (Phi) is 3.85. The standard InChI is InChI=1S/C16H19N3O.B/c20-16(18-14-2-1-3-17-7-14)6-15-12-4-11-5-13(15)10-19(8-11)9-12;/h1-3,6-7,11-13H,4-5,8-10H2,(H,18,20);. The zero-order chi connectivity index (χ0) is 13.5. The van der Waals surface area contributed by atoms with Crippen molar-refractivity contribution in [3.05, 3.63) is 36.2 Å². The molecule has 1 saturated carbocycles. The molecule has 107 valence electrons. The maximum atomic E-state index is 12.2. The fourth-order valence-electron chi connectivity index (χ4n) is 4.23. The van der Waals surface area contributed by atoms with Gasteiger partial charge in [0.25, 0.3) is 0 Å². The first-order valence-corrected chi connectivity index (χ1v) is 7.43. The van der Waals surface area contributed by atoms with E-state index in [1.165, 1.54) is 25.0 Å². The number of anilines is 1. The average molecular weight is 280 g/mol. The van der Waals surface area contributed by atoms with Gasteiger partial charge in [-0.15, -0.1) is 0 Å². The van der Waals surface area contributed by atoms with Crippen LogP contribution in [-0.2, 0) is 4.79 Å². The van der Waals surface area contributed by atoms with E-state index in [-0.39, 0.29) is 14.3 Å². The van der Waals surface area contributed by atoms with Gasteiger partial charge in [-0.1, -0.05) is 5.57 Å². The zero-order valence-corrected chi connectivity index (χ0v) is 12.0. The summed E-state index contributed by atoms with van der Waals surface area (Å²) in [6.45, 7) is 3.58. The Labute approximate surface area is 127 Å². The van der Waals surface area contributed by atoms with E-state index in [1.54, 1.807) is 12.4 Å². The Balaban J connectivity index is 0.00000132. The number of amides is 1. The largest absolute Gasteiger partial charge is 0.321 e. The van der Waals surface area contributed by atoms with Crippen molar-refractivity contribution in [3.8, 4) is 0 Å². The number of rotatable bonds is 2. The molecule has 1 N–H and O–H groups in total. The van der Waals surface area contributed by atoms with Crippen molar-refractivity contribution in [1.29, 1.82) is 0 Å². The number of hydrogen-bond donors (Lipinski definition) is 1. The summed E-state index contributed by atoms with van der Waals surface area (Å²) < 4.78 is 0. The topological polar surface area (TPSA) is 45.2 Å². The SMILES string of the molecule is O=C(C=C1C2CC3CC1CN(C3)C2)Nc1cccnc1.[B]. The van der Waals surface area contributed by atoms with Crippen molar-refractivity contribution >= 4 is 20.0 Å². The highest BCUT2D eigenvalue weighted by Crippen LogP contribution is 2.46. The summed E-state index contributed by atoms with van der Waals surface area (Å²) in [6.07, 6.45) is 7.80. The number of carbonyl (C=O) groups is 1. The van der Waals surface area contributed by atoms with Crippen LogP contribution in [0.15, 0.2) is 36.2 Å². The molecule has 4 fully saturated rings. The summed E-state index contributed by atoms with van der Waals surface area (Å²) in [6, 6.07) is 3.70. The number of nitrogens with one attached hydrogen (secondary N) is 1. The molecule has 3 aliphatic heterocycles. The van der Waals surface area contributed by atoms with E-state index in [1.807, 2.05) is 18.2 Å². The van der Waals surface area contributed by atoms with Gasteiger partial charge in [0.2, 0.25) is 5.91 Å². The first-order valence-electron chi connectivity index (χ1n) is 7.43. The quantitative estimate of drug-likeness (QED) is 0.660. The molecule has 0 spiro atoms. The lowest BCUT2D eigenvalue weighted by Crippen LogP contribution is -2.54. The Morgan fingerprint density at radius 2 is 2.05 bits per heavy atom. The molecule has 0 aromatic carbocycles. The van der Waals surface area contributed by atoms with Gasteiger partial charge in [-0.2, -0.15) is 0 Å². The van der Waals surface area contributed by atoms with Crippen molar-refractivity contribution in [2.45, 2.75) is 12.8 Å². The molecule has 4 aliphatic rings. The molecule has 3 saturated heterocycles. The first kappa shape index (κ1) is 14.3. The van der Waals surface area contributed by atoms with Crippen molar-refractivity contribution < 1.29 is 4.79 Å². The van der Waals surface area contributed by atoms with E-state index in [2.05, 4.69) is 15.2 Å². The summed E-state index contributed by atoms with van der Waals surface area (Å²) in [7, 11) is 0. The first-order chi connectivity index (χ1) is 9.78. The minimum atomic E-state index is -0.00419. The Hall–Kier alpha value is -1.62. The third-order valence-corrected chi connectivity index (χ3v) is 4.88. The number of carbonyl (C=O) groups excluding carboxylic acids is 1. The van der Waals surface area contributed by atoms with Gasteiger partial charge in [-0.25, -0.2) is 0 Å². The van der Waals surface area contributed by atoms with Gasteiger partial charge in [-0.3, -0.25) is 9.78 Å². The van der Waals surface area contributed by atoms with Crippen LogP contribution >= 0.6 is 0 Å². The van der Waals surface area contributed by atoms with Crippen LogP contribution in [-0.4, -0.2) is 43.8 Å². The smallest absolute Gasteiger partial charge is 0.248 e. The molecule has 3 radical (unpaired) electrons. The molecular weight excluding hydrogens is 261 g/mol. The zero-order valence-electron chi connectivity index (χ0n) is 12.0. The Bertz CT molecular complexity index is 528. The maximum absolute atomic E-state index is 12.2. The molecule has 4 bridgehead atoms. The molecule has 1 aromatic rings. The highest BCUT2D eigenvalue weighted by atomic mass is 16.1. The van der Waals surface area contributed by atoms with Gasteiger partial charge in [0, 0.05) is 40.3 Å². The second-order valence-corrected chi connectivity index (χ2v) is 6.33. The summed E-state index contributed by atoms with van der Waals surface area (Å²) in [5.74, 6) is 2.09. The van der Waals surface area contributed by atoms with Gasteiger partial charge in [-0.05, 0) is 42.7 Å². The van der Waals surface area contributed by atoms with Crippen LogP contribution in [0, 0.1) is 17.8 Å². The highest BCUT2D eigenvalue weighted by Gasteiger charge is 2.44. The lowest BCUT2D eigenvalue weighted by Gasteiger charge is -2.53. The Morgan fingerprint density at radius 3 is 2.67 bits per heavy atom. The molecule has 2 atom stereocenters. The molecule has 4 heterocycles. The summed E-state index contributed by atoms with van der Waals surface area (Å²) in [5, 5.41) is 2.91. The molecule has 4 nitrogen and oxygen atoms in total. The fraction of sp³-hybridized carbons (Fsp3) is 0.500. The predicted octanol–water partition coefficient (Wildman–Crippen LogP) is 1.54. The van der Waals surface area contributed by atoms with E-state index in [0.29, 0.717) is 11.8 Å². The number of aromatic nitrogens is 1. The molecular formula is C16H19BN3O. The molecule has 5 heteroatoms. The van der Waals surface area contributed by atoms with Crippen molar-refractivity contribution in [2.24, 2.45) is 17.8 Å². The fourth-order valence-corrected chi connectivity index (χ4v) is 4.23. The molecule has 1 aromatic heterocycles. The van der Waals surface area contributed by atoms with Gasteiger partial charge in [0.05, 0.1) is 11.9 Å². The van der Waals surface area contributed by atoms with Crippen LogP contribution in [0.5, 0.6) is 0 Å². The van der Waals surface area contributed by atoms with Crippen LogP contribution in [0.3, 0.4) is 0 Å². The third kappa shape index (κ3) is 2.75. The number of hydrogen-bond acceptors (Lipinski definition) is 3. The van der Waals surface area contributed by atoms with Crippen molar-refractivity contribution in [2.75, 3.05) is 25.0 Å². The summed E-state index contributed by atoms with van der Waals surface area (Å²) in [5.41, 5.74) is 2.15. The van der Waals surface area contributed by atoms with Crippen LogP contribution < -0.4 is 5.32 Å². The van der Waals surface area contributed by atoms with Gasteiger partial charge in [0.1, 0.15) is 0 Å². The second kappa shape index (κ2) is 5.64. The van der Waals surface area contributed by atoms with E-state index in [4.69, 9.17) is 0 Å². The summed E-state index contributed by atoms with van der Waals surface area (Å²) in [4.78, 5) is 18.8. The number of piperidine rings is 3. The lowest BCUT2D eigenvalue weighted by molar-refractivity contribution is -0.112. The van der Waals surface area contributed by atoms with Gasteiger partial charge in [0.15, 0.2) is 0 Å². The van der Waals surface area contributed by atoms with Gasteiger partial charge >= 0.3 is 0 Å². The molecule has 5 rings (SSSR count). The van der Waals surface area contributed by atoms with Crippen molar-refractivity contribution in [3.63, 3.8) is 0 Å². The van der Waals surface area contributed by atoms with Crippen LogP contribution in [0.2, 0.25) is 0 Å². The normalized spacial score (nSPS) is 32.5. The van der Waals surface area contributed by atoms with Crippen molar-refractivity contribution in [1.82, 2.24) is 9.88 Å². The average Bonchev–Trinajstić information content (AvgIpc) is 2.43. The minimum absolute atomic E-state index is 0. The molecule has 21 heavy (non-hydrogen) atoms. The van der Waals surface area contributed by atoms with E-state index < -0.39 is 0 Å². The molecule has 1 amide bonds. The van der Waals surface area contributed by atoms with Crippen LogP contribution in [0.4, 0.5) is 5.69 Å². The van der Waals surface area contributed by atoms with E-state index in [9.17, 15) is 4.79 Å². The number of pyridine rings is 1. The third-order valence-electron chi connectivity index (χ3n) is 4.88. The lowest BCUT2D eigenvalue weighted by atomic mass is 9.65. The highest BCUT2D eigenvalue weighted by molar-refractivity contribution is 5.99. The van der Waals surface area contributed by atoms with E-state index in [0.717, 1.165) is 24.7 Å². The maximum Gasteiger partial charge on any atom is 0.248 e. The second-order valence-electron chi connectivity index (χ2n) is 6.33. The van der Waals surface area contributed by atoms with Crippen LogP contribution in [0.1, 0.15) is 12.8 Å². The molecule has 2 unspecified atom stereocenters. The minimum Gasteiger partial charge on any atom is -0.321 e. The molecule has 1 aliphatic carbocycles. The van der Waals surface area contributed by atoms with E-state index >= 15 is 0 Å². The Morgan fingerprint density at radius 1 is 1.29 bits per heavy atom. The van der Waals surface area contributed by atoms with Gasteiger partial charge < -0.3 is 10.2 Å².